The molecule has 2 nitrogen and oxygen atoms in total. The molecule has 0 amide bonds. The van der Waals surface area contributed by atoms with Crippen molar-refractivity contribution in [3.05, 3.63) is 22.4 Å². The molecule has 1 saturated carbocycles. The maximum Gasteiger partial charge on any atom is 0.0703 e. The zero-order chi connectivity index (χ0) is 11.4. The second-order valence-electron chi connectivity index (χ2n) is 4.77. The Morgan fingerprint density at radius 1 is 1.56 bits per heavy atom. The smallest absolute Gasteiger partial charge is 0.0703 e. The predicted octanol–water partition coefficient (Wildman–Crippen LogP) is 3.00. The third kappa shape index (κ3) is 2.84. The van der Waals surface area contributed by atoms with Crippen LogP contribution < -0.4 is 0 Å². The maximum atomic E-state index is 10.0. The molecule has 90 valence electrons. The predicted molar refractivity (Wildman–Crippen MR) is 66.9 cm³/mol. The summed E-state index contributed by atoms with van der Waals surface area (Å²) in [4.78, 5) is 0. The number of rotatable bonds is 6. The van der Waals surface area contributed by atoms with E-state index in [0.717, 1.165) is 32.1 Å². The summed E-state index contributed by atoms with van der Waals surface area (Å²) in [6.45, 7) is 0. The van der Waals surface area contributed by atoms with Crippen LogP contribution >= 0.6 is 11.3 Å². The third-order valence-corrected chi connectivity index (χ3v) is 4.38. The van der Waals surface area contributed by atoms with Crippen molar-refractivity contribution in [2.24, 2.45) is 0 Å². The van der Waals surface area contributed by atoms with Crippen molar-refractivity contribution in [2.75, 3.05) is 7.11 Å². The van der Waals surface area contributed by atoms with E-state index in [9.17, 15) is 5.11 Å². The summed E-state index contributed by atoms with van der Waals surface area (Å²) in [5.74, 6) is 0. The van der Waals surface area contributed by atoms with Gasteiger partial charge >= 0.3 is 0 Å². The van der Waals surface area contributed by atoms with E-state index in [4.69, 9.17) is 4.74 Å². The van der Waals surface area contributed by atoms with Crippen LogP contribution in [0.5, 0.6) is 0 Å². The zero-order valence-electron chi connectivity index (χ0n) is 9.82. The normalized spacial score (nSPS) is 20.4. The summed E-state index contributed by atoms with van der Waals surface area (Å²) in [5, 5.41) is 14.2. The molecule has 1 N–H and O–H groups in total. The van der Waals surface area contributed by atoms with Gasteiger partial charge in [-0.15, -0.1) is 0 Å². The van der Waals surface area contributed by atoms with E-state index in [-0.39, 0.29) is 11.7 Å². The lowest BCUT2D eigenvalue weighted by Crippen LogP contribution is -2.42. The van der Waals surface area contributed by atoms with Crippen molar-refractivity contribution >= 4 is 11.3 Å². The first kappa shape index (κ1) is 12.1. The van der Waals surface area contributed by atoms with E-state index < -0.39 is 0 Å². The number of ether oxygens (including phenoxy) is 1. The first-order chi connectivity index (χ1) is 7.74. The van der Waals surface area contributed by atoms with Crippen molar-refractivity contribution < 1.29 is 9.84 Å². The topological polar surface area (TPSA) is 29.5 Å². The summed E-state index contributed by atoms with van der Waals surface area (Å²) < 4.78 is 5.52. The Morgan fingerprint density at radius 2 is 2.38 bits per heavy atom. The molecular formula is C13H20O2S. The molecule has 1 aliphatic rings. The molecule has 1 atom stereocenters. The fraction of sp³-hybridized carbons (Fsp3) is 0.692. The van der Waals surface area contributed by atoms with Gasteiger partial charge in [0.15, 0.2) is 0 Å². The molecule has 0 saturated heterocycles. The molecule has 2 rings (SSSR count). The summed E-state index contributed by atoms with van der Waals surface area (Å²) in [7, 11) is 1.77. The van der Waals surface area contributed by atoms with Gasteiger partial charge in [0.25, 0.3) is 0 Å². The maximum absolute atomic E-state index is 10.0. The van der Waals surface area contributed by atoms with Gasteiger partial charge in [0.1, 0.15) is 0 Å². The van der Waals surface area contributed by atoms with E-state index in [0.29, 0.717) is 0 Å². The van der Waals surface area contributed by atoms with Gasteiger partial charge < -0.3 is 9.84 Å². The van der Waals surface area contributed by atoms with Crippen LogP contribution in [0.2, 0.25) is 0 Å². The van der Waals surface area contributed by atoms with E-state index in [1.54, 1.807) is 18.4 Å². The summed E-state index contributed by atoms with van der Waals surface area (Å²) in [6, 6.07) is 2.13. The lowest BCUT2D eigenvalue weighted by atomic mass is 9.75. The number of thiophene rings is 1. The Bertz CT molecular complexity index is 298. The highest BCUT2D eigenvalue weighted by Gasteiger charge is 2.38. The first-order valence-electron chi connectivity index (χ1n) is 5.98. The van der Waals surface area contributed by atoms with Gasteiger partial charge in [0.05, 0.1) is 11.7 Å². The van der Waals surface area contributed by atoms with Crippen LogP contribution in [0.4, 0.5) is 0 Å². The molecule has 0 spiro atoms. The van der Waals surface area contributed by atoms with Crippen LogP contribution in [0, 0.1) is 0 Å². The van der Waals surface area contributed by atoms with Crippen LogP contribution in [-0.4, -0.2) is 23.9 Å². The standard InChI is InChI=1S/C13H20O2S/c1-15-13(6-2-7-13)9-12(14)4-3-11-5-8-16-10-11/h5,8,10,12,14H,2-4,6-7,9H2,1H3. The highest BCUT2D eigenvalue weighted by molar-refractivity contribution is 7.07. The molecule has 0 aromatic carbocycles. The molecule has 1 aromatic heterocycles. The Hall–Kier alpha value is -0.380. The molecule has 1 heterocycles. The quantitative estimate of drug-likeness (QED) is 0.828. The van der Waals surface area contributed by atoms with Gasteiger partial charge in [-0.1, -0.05) is 0 Å². The average Bonchev–Trinajstić information content (AvgIpc) is 2.73. The number of hydrogen-bond acceptors (Lipinski definition) is 3. The van der Waals surface area contributed by atoms with Gasteiger partial charge in [0.2, 0.25) is 0 Å². The lowest BCUT2D eigenvalue weighted by Gasteiger charge is -2.41. The number of hydrogen-bond donors (Lipinski definition) is 1. The van der Waals surface area contributed by atoms with Gasteiger partial charge in [-0.25, -0.2) is 0 Å². The second-order valence-corrected chi connectivity index (χ2v) is 5.55. The molecule has 1 unspecified atom stereocenters. The van der Waals surface area contributed by atoms with Crippen LogP contribution in [-0.2, 0) is 11.2 Å². The second kappa shape index (κ2) is 5.30. The lowest BCUT2D eigenvalue weighted by molar-refractivity contribution is -0.0998. The monoisotopic (exact) mass is 240 g/mol. The fourth-order valence-electron chi connectivity index (χ4n) is 2.36. The largest absolute Gasteiger partial charge is 0.393 e. The Labute approximate surface area is 101 Å². The molecular weight excluding hydrogens is 220 g/mol. The Kier molecular flexibility index (Phi) is 4.00. The summed E-state index contributed by atoms with van der Waals surface area (Å²) >= 11 is 1.72. The minimum absolute atomic E-state index is 0.00589. The average molecular weight is 240 g/mol. The Balaban J connectivity index is 1.73. The third-order valence-electron chi connectivity index (χ3n) is 3.65. The minimum atomic E-state index is -0.222. The fourth-order valence-corrected chi connectivity index (χ4v) is 3.07. The number of methoxy groups -OCH3 is 1. The highest BCUT2D eigenvalue weighted by Crippen LogP contribution is 2.39. The van der Waals surface area contributed by atoms with E-state index in [2.05, 4.69) is 16.8 Å². The number of aryl methyl sites for hydroxylation is 1. The summed E-state index contributed by atoms with van der Waals surface area (Å²) in [6.07, 6.45) is 5.86. The van der Waals surface area contributed by atoms with Crippen molar-refractivity contribution in [3.8, 4) is 0 Å². The molecule has 0 aliphatic heterocycles. The number of aliphatic hydroxyl groups excluding tert-OH is 1. The summed E-state index contributed by atoms with van der Waals surface area (Å²) in [5.41, 5.74) is 1.33. The van der Waals surface area contributed by atoms with Crippen LogP contribution in [0.3, 0.4) is 0 Å². The van der Waals surface area contributed by atoms with Crippen LogP contribution in [0.1, 0.15) is 37.7 Å². The van der Waals surface area contributed by atoms with Gasteiger partial charge in [0, 0.05) is 13.5 Å². The molecule has 16 heavy (non-hydrogen) atoms. The van der Waals surface area contributed by atoms with Gasteiger partial charge in [-0.05, 0) is 54.5 Å². The van der Waals surface area contributed by atoms with Gasteiger partial charge in [-0.2, -0.15) is 11.3 Å². The minimum Gasteiger partial charge on any atom is -0.393 e. The molecule has 1 aliphatic carbocycles. The molecule has 0 bridgehead atoms. The SMILES string of the molecule is COC1(CC(O)CCc2ccsc2)CCC1. The van der Waals surface area contributed by atoms with Crippen molar-refractivity contribution in [2.45, 2.75) is 50.2 Å². The van der Waals surface area contributed by atoms with E-state index in [1.807, 2.05) is 0 Å². The Morgan fingerprint density at radius 3 is 2.88 bits per heavy atom. The molecule has 1 fully saturated rings. The molecule has 3 heteroatoms. The highest BCUT2D eigenvalue weighted by atomic mass is 32.1. The zero-order valence-corrected chi connectivity index (χ0v) is 10.6. The van der Waals surface area contributed by atoms with Gasteiger partial charge in [-0.3, -0.25) is 0 Å². The van der Waals surface area contributed by atoms with Crippen molar-refractivity contribution in [1.82, 2.24) is 0 Å². The number of aliphatic hydroxyl groups is 1. The van der Waals surface area contributed by atoms with Crippen molar-refractivity contribution in [3.63, 3.8) is 0 Å². The molecule has 0 radical (unpaired) electrons. The van der Waals surface area contributed by atoms with Crippen LogP contribution in [0.25, 0.3) is 0 Å². The van der Waals surface area contributed by atoms with Crippen LogP contribution in [0.15, 0.2) is 16.8 Å². The first-order valence-corrected chi connectivity index (χ1v) is 6.93. The molecule has 1 aromatic rings. The van der Waals surface area contributed by atoms with E-state index >= 15 is 0 Å². The van der Waals surface area contributed by atoms with Crippen molar-refractivity contribution in [1.29, 1.82) is 0 Å². The van der Waals surface area contributed by atoms with E-state index in [1.165, 1.54) is 12.0 Å².